The molecule has 1 N–H and O–H groups in total. The molecule has 1 fully saturated rings. The fraction of sp³-hybridized carbons (Fsp3) is 0.562. The van der Waals surface area contributed by atoms with Crippen molar-refractivity contribution >= 4 is 5.82 Å². The predicted octanol–water partition coefficient (Wildman–Crippen LogP) is 3.82. The van der Waals surface area contributed by atoms with Crippen LogP contribution in [-0.2, 0) is 17.5 Å². The van der Waals surface area contributed by atoms with E-state index in [1.807, 2.05) is 0 Å². The monoisotopic (exact) mass is 391 g/mol. The Morgan fingerprint density at radius 2 is 1.96 bits per heavy atom. The summed E-state index contributed by atoms with van der Waals surface area (Å²) < 4.78 is 70.8. The van der Waals surface area contributed by atoms with Crippen LogP contribution in [0.3, 0.4) is 0 Å². The SMILES string of the molecule is COCc1cc(NC2CCC(F)(F)CC2)nc(-n2ccc(C(F)(F)F)n2)n1. The van der Waals surface area contributed by atoms with E-state index in [0.717, 1.165) is 16.9 Å². The lowest BCUT2D eigenvalue weighted by molar-refractivity contribution is -0.141. The average Bonchev–Trinajstić information content (AvgIpc) is 3.07. The number of rotatable bonds is 5. The number of ether oxygens (including phenoxy) is 1. The Kier molecular flexibility index (Phi) is 5.31. The van der Waals surface area contributed by atoms with Crippen LogP contribution in [0.5, 0.6) is 0 Å². The molecule has 0 aromatic carbocycles. The van der Waals surface area contributed by atoms with Crippen molar-refractivity contribution in [2.24, 2.45) is 0 Å². The van der Waals surface area contributed by atoms with Gasteiger partial charge in [-0.15, -0.1) is 0 Å². The van der Waals surface area contributed by atoms with Gasteiger partial charge in [0.25, 0.3) is 5.95 Å². The Labute approximate surface area is 151 Å². The van der Waals surface area contributed by atoms with Gasteiger partial charge in [0.2, 0.25) is 5.92 Å². The molecule has 148 valence electrons. The van der Waals surface area contributed by atoms with Crippen LogP contribution >= 0.6 is 0 Å². The third kappa shape index (κ3) is 4.90. The molecule has 0 unspecified atom stereocenters. The molecule has 0 amide bonds. The summed E-state index contributed by atoms with van der Waals surface area (Å²) in [5, 5.41) is 6.52. The zero-order chi connectivity index (χ0) is 19.7. The molecule has 0 atom stereocenters. The van der Waals surface area contributed by atoms with E-state index in [2.05, 4.69) is 20.4 Å². The van der Waals surface area contributed by atoms with Gasteiger partial charge in [0.15, 0.2) is 5.69 Å². The Morgan fingerprint density at radius 1 is 1.26 bits per heavy atom. The fourth-order valence-corrected chi connectivity index (χ4v) is 2.86. The number of aromatic nitrogens is 4. The van der Waals surface area contributed by atoms with E-state index >= 15 is 0 Å². The predicted molar refractivity (Wildman–Crippen MR) is 85.7 cm³/mol. The number of methoxy groups -OCH3 is 1. The van der Waals surface area contributed by atoms with Crippen LogP contribution in [0.4, 0.5) is 27.8 Å². The highest BCUT2D eigenvalue weighted by molar-refractivity contribution is 5.40. The molecule has 2 heterocycles. The van der Waals surface area contributed by atoms with Gasteiger partial charge in [-0.1, -0.05) is 0 Å². The second-order valence-corrected chi connectivity index (χ2v) is 6.40. The third-order valence-electron chi connectivity index (χ3n) is 4.21. The maximum Gasteiger partial charge on any atom is 0.435 e. The molecule has 11 heteroatoms. The topological polar surface area (TPSA) is 64.9 Å². The zero-order valence-corrected chi connectivity index (χ0v) is 14.4. The van der Waals surface area contributed by atoms with Crippen LogP contribution in [0.2, 0.25) is 0 Å². The number of anilines is 1. The summed E-state index contributed by atoms with van der Waals surface area (Å²) in [6, 6.07) is 2.20. The first-order valence-electron chi connectivity index (χ1n) is 8.31. The highest BCUT2D eigenvalue weighted by Gasteiger charge is 2.35. The van der Waals surface area contributed by atoms with Gasteiger partial charge in [-0.3, -0.25) is 0 Å². The first kappa shape index (κ1) is 19.5. The molecule has 1 aliphatic carbocycles. The minimum absolute atomic E-state index is 0.0660. The van der Waals surface area contributed by atoms with Crippen molar-refractivity contribution in [3.63, 3.8) is 0 Å². The Bertz CT molecular complexity index is 782. The van der Waals surface area contributed by atoms with E-state index < -0.39 is 17.8 Å². The van der Waals surface area contributed by atoms with Crippen LogP contribution in [0.1, 0.15) is 37.1 Å². The summed E-state index contributed by atoms with van der Waals surface area (Å²) in [7, 11) is 1.45. The first-order chi connectivity index (χ1) is 12.7. The number of nitrogens with one attached hydrogen (secondary N) is 1. The molecular weight excluding hydrogens is 373 g/mol. The molecule has 1 aliphatic rings. The highest BCUT2D eigenvalue weighted by atomic mass is 19.4. The lowest BCUT2D eigenvalue weighted by atomic mass is 9.92. The van der Waals surface area contributed by atoms with Crippen molar-refractivity contribution in [3.05, 3.63) is 29.7 Å². The lowest BCUT2D eigenvalue weighted by Gasteiger charge is -2.29. The largest absolute Gasteiger partial charge is 0.435 e. The van der Waals surface area contributed by atoms with Crippen LogP contribution < -0.4 is 5.32 Å². The molecule has 6 nitrogen and oxygen atoms in total. The molecule has 0 spiro atoms. The minimum Gasteiger partial charge on any atom is -0.378 e. The molecule has 0 aliphatic heterocycles. The first-order valence-corrected chi connectivity index (χ1v) is 8.31. The van der Waals surface area contributed by atoms with Crippen molar-refractivity contribution < 1.29 is 26.7 Å². The van der Waals surface area contributed by atoms with Gasteiger partial charge in [-0.25, -0.2) is 18.4 Å². The number of hydrogen-bond donors (Lipinski definition) is 1. The molecule has 0 radical (unpaired) electrons. The molecule has 2 aromatic heterocycles. The van der Waals surface area contributed by atoms with Crippen molar-refractivity contribution in [3.8, 4) is 5.95 Å². The standard InChI is InChI=1S/C16H18F5N5O/c1-27-9-11-8-13(22-10-2-5-15(17,18)6-3-10)24-14(23-11)26-7-4-12(25-26)16(19,20)21/h4,7-8,10H,2-3,5-6,9H2,1H3,(H,22,23,24). The van der Waals surface area contributed by atoms with Crippen molar-refractivity contribution in [1.82, 2.24) is 19.7 Å². The maximum absolute atomic E-state index is 13.3. The average molecular weight is 391 g/mol. The molecule has 0 saturated heterocycles. The van der Waals surface area contributed by atoms with Crippen LogP contribution in [0.25, 0.3) is 5.95 Å². The summed E-state index contributed by atoms with van der Waals surface area (Å²) in [5.74, 6) is -2.39. The van der Waals surface area contributed by atoms with Gasteiger partial charge in [0, 0.05) is 38.3 Å². The van der Waals surface area contributed by atoms with E-state index in [1.165, 1.54) is 7.11 Å². The van der Waals surface area contributed by atoms with Gasteiger partial charge in [-0.05, 0) is 18.9 Å². The molecule has 3 rings (SSSR count). The number of hydrogen-bond acceptors (Lipinski definition) is 5. The van der Waals surface area contributed by atoms with Gasteiger partial charge in [-0.2, -0.15) is 23.3 Å². The highest BCUT2D eigenvalue weighted by Crippen LogP contribution is 2.34. The second-order valence-electron chi connectivity index (χ2n) is 6.40. The van der Waals surface area contributed by atoms with E-state index in [-0.39, 0.29) is 44.3 Å². The van der Waals surface area contributed by atoms with Crippen LogP contribution in [0, 0.1) is 0 Å². The Morgan fingerprint density at radius 3 is 2.56 bits per heavy atom. The number of nitrogens with zero attached hydrogens (tertiary/aromatic N) is 4. The summed E-state index contributed by atoms with van der Waals surface area (Å²) in [6.07, 6.45) is -3.37. The lowest BCUT2D eigenvalue weighted by Crippen LogP contribution is -2.32. The minimum atomic E-state index is -4.58. The van der Waals surface area contributed by atoms with Gasteiger partial charge in [0.05, 0.1) is 12.3 Å². The summed E-state index contributed by atoms with van der Waals surface area (Å²) >= 11 is 0. The summed E-state index contributed by atoms with van der Waals surface area (Å²) in [6.45, 7) is 0.111. The van der Waals surface area contributed by atoms with Gasteiger partial charge in [0.1, 0.15) is 5.82 Å². The summed E-state index contributed by atoms with van der Waals surface area (Å²) in [5.41, 5.74) is -0.637. The fourth-order valence-electron chi connectivity index (χ4n) is 2.86. The zero-order valence-electron chi connectivity index (χ0n) is 14.4. The molecular formula is C16H18F5N5O. The Hall–Kier alpha value is -2.30. The van der Waals surface area contributed by atoms with Gasteiger partial charge < -0.3 is 10.1 Å². The second kappa shape index (κ2) is 7.37. The van der Waals surface area contributed by atoms with Gasteiger partial charge >= 0.3 is 6.18 Å². The van der Waals surface area contributed by atoms with Crippen molar-refractivity contribution in [2.75, 3.05) is 12.4 Å². The number of halogens is 5. The quantitative estimate of drug-likeness (QED) is 0.785. The normalized spacial score (nSPS) is 17.9. The van der Waals surface area contributed by atoms with E-state index in [4.69, 9.17) is 4.74 Å². The molecule has 1 saturated carbocycles. The molecule has 2 aromatic rings. The van der Waals surface area contributed by atoms with E-state index in [9.17, 15) is 22.0 Å². The molecule has 0 bridgehead atoms. The van der Waals surface area contributed by atoms with Crippen molar-refractivity contribution in [2.45, 2.75) is 50.4 Å². The summed E-state index contributed by atoms with van der Waals surface area (Å²) in [4.78, 5) is 8.32. The van der Waals surface area contributed by atoms with E-state index in [1.54, 1.807) is 6.07 Å². The van der Waals surface area contributed by atoms with Crippen molar-refractivity contribution in [1.29, 1.82) is 0 Å². The Balaban J connectivity index is 1.83. The van der Waals surface area contributed by atoms with E-state index in [0.29, 0.717) is 11.5 Å². The maximum atomic E-state index is 13.3. The smallest absolute Gasteiger partial charge is 0.378 e. The van der Waals surface area contributed by atoms with Crippen LogP contribution in [-0.4, -0.2) is 38.8 Å². The number of alkyl halides is 5. The van der Waals surface area contributed by atoms with Crippen LogP contribution in [0.15, 0.2) is 18.3 Å². The molecule has 27 heavy (non-hydrogen) atoms. The third-order valence-corrected chi connectivity index (χ3v) is 4.21.